The SMILES string of the molecule is COC(C)(C)c1nc(Cl)c(-c2cccc(Cl)c2)c(Cl)n1. The molecule has 0 N–H and O–H groups in total. The van der Waals surface area contributed by atoms with Crippen LogP contribution in [0.25, 0.3) is 11.1 Å². The van der Waals surface area contributed by atoms with E-state index in [1.807, 2.05) is 26.0 Å². The van der Waals surface area contributed by atoms with Gasteiger partial charge in [0.1, 0.15) is 15.9 Å². The van der Waals surface area contributed by atoms with E-state index in [9.17, 15) is 0 Å². The highest BCUT2D eigenvalue weighted by atomic mass is 35.5. The molecule has 0 fully saturated rings. The molecule has 1 aromatic heterocycles. The minimum atomic E-state index is -0.667. The second kappa shape index (κ2) is 5.86. The number of aromatic nitrogens is 2. The molecule has 0 saturated carbocycles. The molecule has 0 amide bonds. The minimum absolute atomic E-state index is 0.271. The number of hydrogen-bond acceptors (Lipinski definition) is 3. The summed E-state index contributed by atoms with van der Waals surface area (Å²) in [6, 6.07) is 7.20. The van der Waals surface area contributed by atoms with Crippen LogP contribution in [0.1, 0.15) is 19.7 Å². The van der Waals surface area contributed by atoms with E-state index in [1.165, 1.54) is 0 Å². The van der Waals surface area contributed by atoms with Crippen molar-refractivity contribution in [2.75, 3.05) is 7.11 Å². The van der Waals surface area contributed by atoms with Crippen molar-refractivity contribution in [3.05, 3.63) is 45.4 Å². The van der Waals surface area contributed by atoms with Crippen LogP contribution in [-0.4, -0.2) is 17.1 Å². The zero-order chi connectivity index (χ0) is 14.9. The molecule has 2 aromatic rings. The minimum Gasteiger partial charge on any atom is -0.371 e. The fraction of sp³-hybridized carbons (Fsp3) is 0.286. The molecule has 6 heteroatoms. The molecule has 106 valence electrons. The number of nitrogens with zero attached hydrogens (tertiary/aromatic N) is 2. The monoisotopic (exact) mass is 330 g/mol. The van der Waals surface area contributed by atoms with Crippen LogP contribution in [-0.2, 0) is 10.3 Å². The van der Waals surface area contributed by atoms with Crippen molar-refractivity contribution in [3.63, 3.8) is 0 Å². The van der Waals surface area contributed by atoms with Crippen molar-refractivity contribution in [3.8, 4) is 11.1 Å². The summed E-state index contributed by atoms with van der Waals surface area (Å²) in [6.07, 6.45) is 0. The van der Waals surface area contributed by atoms with E-state index in [4.69, 9.17) is 39.5 Å². The molecule has 20 heavy (non-hydrogen) atoms. The molecule has 0 aliphatic rings. The third-order valence-electron chi connectivity index (χ3n) is 2.98. The zero-order valence-corrected chi connectivity index (χ0v) is 13.5. The summed E-state index contributed by atoms with van der Waals surface area (Å²) >= 11 is 18.5. The van der Waals surface area contributed by atoms with Crippen LogP contribution in [0, 0.1) is 0 Å². The standard InChI is InChI=1S/C14H13Cl3N2O/c1-14(2,20-3)13-18-11(16)10(12(17)19-13)8-5-4-6-9(15)7-8/h4-7H,1-3H3. The van der Waals surface area contributed by atoms with Crippen molar-refractivity contribution < 1.29 is 4.74 Å². The van der Waals surface area contributed by atoms with Crippen LogP contribution in [0.15, 0.2) is 24.3 Å². The molecular weight excluding hydrogens is 319 g/mol. The van der Waals surface area contributed by atoms with Gasteiger partial charge in [0.2, 0.25) is 0 Å². The first-order chi connectivity index (χ1) is 9.35. The van der Waals surface area contributed by atoms with E-state index in [1.54, 1.807) is 19.2 Å². The normalized spacial score (nSPS) is 11.7. The van der Waals surface area contributed by atoms with Gasteiger partial charge < -0.3 is 4.74 Å². The average Bonchev–Trinajstić information content (AvgIpc) is 2.38. The van der Waals surface area contributed by atoms with Crippen molar-refractivity contribution in [1.82, 2.24) is 9.97 Å². The van der Waals surface area contributed by atoms with Crippen LogP contribution >= 0.6 is 34.8 Å². The van der Waals surface area contributed by atoms with E-state index in [0.717, 1.165) is 5.56 Å². The van der Waals surface area contributed by atoms with Gasteiger partial charge in [-0.3, -0.25) is 0 Å². The second-order valence-electron chi connectivity index (χ2n) is 4.73. The van der Waals surface area contributed by atoms with E-state index in [0.29, 0.717) is 16.4 Å². The smallest absolute Gasteiger partial charge is 0.163 e. The van der Waals surface area contributed by atoms with Crippen LogP contribution in [0.3, 0.4) is 0 Å². The molecule has 1 heterocycles. The molecule has 0 radical (unpaired) electrons. The Morgan fingerprint density at radius 2 is 1.65 bits per heavy atom. The Morgan fingerprint density at radius 3 is 2.15 bits per heavy atom. The van der Waals surface area contributed by atoms with Crippen LogP contribution in [0.2, 0.25) is 15.3 Å². The molecule has 2 rings (SSSR count). The quantitative estimate of drug-likeness (QED) is 0.744. The van der Waals surface area contributed by atoms with Gasteiger partial charge in [-0.2, -0.15) is 0 Å². The van der Waals surface area contributed by atoms with Crippen molar-refractivity contribution in [2.45, 2.75) is 19.4 Å². The lowest BCUT2D eigenvalue weighted by atomic mass is 10.1. The van der Waals surface area contributed by atoms with Crippen LogP contribution in [0.5, 0.6) is 0 Å². The van der Waals surface area contributed by atoms with E-state index in [-0.39, 0.29) is 10.3 Å². The van der Waals surface area contributed by atoms with Gasteiger partial charge in [-0.15, -0.1) is 0 Å². The summed E-state index contributed by atoms with van der Waals surface area (Å²) < 4.78 is 5.34. The van der Waals surface area contributed by atoms with Gasteiger partial charge in [0.25, 0.3) is 0 Å². The van der Waals surface area contributed by atoms with E-state index in [2.05, 4.69) is 9.97 Å². The van der Waals surface area contributed by atoms with Crippen molar-refractivity contribution in [1.29, 1.82) is 0 Å². The maximum Gasteiger partial charge on any atom is 0.163 e. The maximum atomic E-state index is 6.25. The van der Waals surface area contributed by atoms with Gasteiger partial charge >= 0.3 is 0 Å². The first-order valence-electron chi connectivity index (χ1n) is 5.90. The summed E-state index contributed by atoms with van der Waals surface area (Å²) in [5, 5.41) is 1.13. The molecule has 0 saturated heterocycles. The molecule has 0 aliphatic carbocycles. The number of halogens is 3. The van der Waals surface area contributed by atoms with Crippen molar-refractivity contribution >= 4 is 34.8 Å². The largest absolute Gasteiger partial charge is 0.371 e. The fourth-order valence-electron chi connectivity index (χ4n) is 1.65. The third-order valence-corrected chi connectivity index (χ3v) is 3.76. The predicted molar refractivity (Wildman–Crippen MR) is 82.5 cm³/mol. The molecule has 0 spiro atoms. The number of ether oxygens (including phenoxy) is 1. The Kier molecular flexibility index (Phi) is 4.55. The highest BCUT2D eigenvalue weighted by Crippen LogP contribution is 2.35. The van der Waals surface area contributed by atoms with E-state index < -0.39 is 5.60 Å². The van der Waals surface area contributed by atoms with Gasteiger partial charge in [0.15, 0.2) is 5.82 Å². The third kappa shape index (κ3) is 3.07. The molecule has 0 atom stereocenters. The lowest BCUT2D eigenvalue weighted by Gasteiger charge is -2.22. The van der Waals surface area contributed by atoms with Gasteiger partial charge in [-0.05, 0) is 31.5 Å². The molecule has 3 nitrogen and oxygen atoms in total. The zero-order valence-electron chi connectivity index (χ0n) is 11.2. The lowest BCUT2D eigenvalue weighted by molar-refractivity contribution is 0.0115. The van der Waals surface area contributed by atoms with Gasteiger partial charge in [-0.1, -0.05) is 46.9 Å². The molecule has 1 aromatic carbocycles. The second-order valence-corrected chi connectivity index (χ2v) is 5.88. The Labute approximate surface area is 132 Å². The molecule has 0 aliphatic heterocycles. The lowest BCUT2D eigenvalue weighted by Crippen LogP contribution is -2.23. The Hall–Kier alpha value is -0.870. The van der Waals surface area contributed by atoms with E-state index >= 15 is 0 Å². The highest BCUT2D eigenvalue weighted by Gasteiger charge is 2.26. The fourth-order valence-corrected chi connectivity index (χ4v) is 2.45. The molecule has 0 bridgehead atoms. The summed E-state index contributed by atoms with van der Waals surface area (Å²) in [6.45, 7) is 3.68. The summed E-state index contributed by atoms with van der Waals surface area (Å²) in [5.41, 5.74) is 0.668. The topological polar surface area (TPSA) is 35.0 Å². The predicted octanol–water partition coefficient (Wildman–Crippen LogP) is 4.99. The Balaban J connectivity index is 2.58. The summed E-state index contributed by atoms with van der Waals surface area (Å²) in [5.74, 6) is 0.431. The molecular formula is C14H13Cl3N2O. The summed E-state index contributed by atoms with van der Waals surface area (Å²) in [7, 11) is 1.58. The maximum absolute atomic E-state index is 6.25. The van der Waals surface area contributed by atoms with Crippen molar-refractivity contribution in [2.24, 2.45) is 0 Å². The first kappa shape index (κ1) is 15.5. The number of rotatable bonds is 3. The Morgan fingerprint density at radius 1 is 1.05 bits per heavy atom. The molecule has 0 unspecified atom stereocenters. The summed E-state index contributed by atoms with van der Waals surface area (Å²) in [4.78, 5) is 8.57. The van der Waals surface area contributed by atoms with Gasteiger partial charge in [0.05, 0.1) is 5.56 Å². The van der Waals surface area contributed by atoms with Crippen LogP contribution in [0.4, 0.5) is 0 Å². The number of methoxy groups -OCH3 is 1. The highest BCUT2D eigenvalue weighted by molar-refractivity contribution is 6.38. The Bertz CT molecular complexity index is 621. The average molecular weight is 332 g/mol. The number of benzene rings is 1. The van der Waals surface area contributed by atoms with Crippen LogP contribution < -0.4 is 0 Å². The first-order valence-corrected chi connectivity index (χ1v) is 7.03. The van der Waals surface area contributed by atoms with Gasteiger partial charge in [-0.25, -0.2) is 9.97 Å². The number of hydrogen-bond donors (Lipinski definition) is 0. The van der Waals surface area contributed by atoms with Gasteiger partial charge in [0, 0.05) is 12.1 Å².